The molecular formula is C26H21N3O2S. The average molecular weight is 440 g/mol. The van der Waals surface area contributed by atoms with Crippen LogP contribution in [0.15, 0.2) is 84.2 Å². The van der Waals surface area contributed by atoms with Crippen LogP contribution in [-0.2, 0) is 16.0 Å². The number of nitrogens with one attached hydrogen (secondary N) is 2. The fourth-order valence-electron chi connectivity index (χ4n) is 3.97. The van der Waals surface area contributed by atoms with Gasteiger partial charge < -0.3 is 10.6 Å². The van der Waals surface area contributed by atoms with Crippen molar-refractivity contribution in [3.8, 4) is 11.3 Å². The van der Waals surface area contributed by atoms with Gasteiger partial charge in [0.1, 0.15) is 0 Å². The largest absolute Gasteiger partial charge is 0.326 e. The van der Waals surface area contributed by atoms with Gasteiger partial charge >= 0.3 is 0 Å². The number of benzene rings is 3. The second kappa shape index (κ2) is 8.77. The molecule has 0 aliphatic carbocycles. The third kappa shape index (κ3) is 4.18. The van der Waals surface area contributed by atoms with Crippen LogP contribution in [0.4, 0.5) is 10.8 Å². The standard InChI is InChI=1S/C26H21N3O2S/c30-23-14-12-19-15-20(11-13-21(19)27-23)22-16-32-26(28-22)29-25(31)24(17-7-3-1-4-8-17)18-9-5-2-6-10-18/h1-11,13,15-16,24H,12,14H2,(H,27,30)(H,28,29,31). The number of nitrogens with zero attached hydrogens (tertiary/aromatic N) is 1. The number of aromatic nitrogens is 1. The molecule has 5 nitrogen and oxygen atoms in total. The fourth-order valence-corrected chi connectivity index (χ4v) is 4.69. The minimum atomic E-state index is -0.419. The molecule has 0 saturated heterocycles. The van der Waals surface area contributed by atoms with Crippen molar-refractivity contribution in [2.24, 2.45) is 0 Å². The molecule has 0 spiro atoms. The van der Waals surface area contributed by atoms with Gasteiger partial charge in [-0.3, -0.25) is 9.59 Å². The number of rotatable bonds is 5. The van der Waals surface area contributed by atoms with Crippen molar-refractivity contribution in [1.29, 1.82) is 0 Å². The van der Waals surface area contributed by atoms with E-state index in [1.807, 2.05) is 78.2 Å². The highest BCUT2D eigenvalue weighted by molar-refractivity contribution is 7.14. The normalized spacial score (nSPS) is 12.8. The highest BCUT2D eigenvalue weighted by Gasteiger charge is 2.23. The topological polar surface area (TPSA) is 71.1 Å². The molecular weight excluding hydrogens is 418 g/mol. The van der Waals surface area contributed by atoms with Gasteiger partial charge in [-0.15, -0.1) is 11.3 Å². The first-order valence-corrected chi connectivity index (χ1v) is 11.3. The predicted molar refractivity (Wildman–Crippen MR) is 128 cm³/mol. The highest BCUT2D eigenvalue weighted by Crippen LogP contribution is 2.32. The van der Waals surface area contributed by atoms with Gasteiger partial charge in [0.15, 0.2) is 5.13 Å². The van der Waals surface area contributed by atoms with Crippen molar-refractivity contribution in [1.82, 2.24) is 4.98 Å². The lowest BCUT2D eigenvalue weighted by Crippen LogP contribution is -2.22. The Morgan fingerprint density at radius 1 is 0.938 bits per heavy atom. The second-order valence-electron chi connectivity index (χ2n) is 7.70. The Bertz CT molecular complexity index is 1230. The van der Waals surface area contributed by atoms with E-state index in [1.54, 1.807) is 0 Å². The van der Waals surface area contributed by atoms with Crippen LogP contribution >= 0.6 is 11.3 Å². The molecule has 1 aliphatic heterocycles. The molecule has 0 radical (unpaired) electrons. The van der Waals surface area contributed by atoms with E-state index in [0.717, 1.165) is 40.1 Å². The highest BCUT2D eigenvalue weighted by atomic mass is 32.1. The zero-order valence-corrected chi connectivity index (χ0v) is 18.1. The Balaban J connectivity index is 1.39. The van der Waals surface area contributed by atoms with Crippen molar-refractivity contribution in [3.05, 3.63) is 101 Å². The van der Waals surface area contributed by atoms with Gasteiger partial charge in [-0.2, -0.15) is 0 Å². The molecule has 0 atom stereocenters. The van der Waals surface area contributed by atoms with Crippen molar-refractivity contribution < 1.29 is 9.59 Å². The van der Waals surface area contributed by atoms with Crippen LogP contribution in [0, 0.1) is 0 Å². The Morgan fingerprint density at radius 2 is 1.62 bits per heavy atom. The average Bonchev–Trinajstić information content (AvgIpc) is 3.29. The summed E-state index contributed by atoms with van der Waals surface area (Å²) in [6.45, 7) is 0. The third-order valence-electron chi connectivity index (χ3n) is 5.56. The predicted octanol–water partition coefficient (Wildman–Crippen LogP) is 5.47. The summed E-state index contributed by atoms with van der Waals surface area (Å²) in [5.41, 5.74) is 5.62. The lowest BCUT2D eigenvalue weighted by Gasteiger charge is -2.17. The lowest BCUT2D eigenvalue weighted by molar-refractivity contribution is -0.117. The van der Waals surface area contributed by atoms with Crippen LogP contribution < -0.4 is 10.6 Å². The number of carbonyl (C=O) groups is 2. The minimum absolute atomic E-state index is 0.0512. The Kier molecular flexibility index (Phi) is 5.52. The zero-order valence-electron chi connectivity index (χ0n) is 17.2. The van der Waals surface area contributed by atoms with E-state index in [2.05, 4.69) is 21.7 Å². The number of carbonyl (C=O) groups excluding carboxylic acids is 2. The molecule has 2 heterocycles. The van der Waals surface area contributed by atoms with Crippen LogP contribution in [-0.4, -0.2) is 16.8 Å². The maximum Gasteiger partial charge on any atom is 0.238 e. The molecule has 2 N–H and O–H groups in total. The maximum atomic E-state index is 13.3. The summed E-state index contributed by atoms with van der Waals surface area (Å²) in [6.07, 6.45) is 1.22. The number of hydrogen-bond donors (Lipinski definition) is 2. The summed E-state index contributed by atoms with van der Waals surface area (Å²) in [6, 6.07) is 25.5. The third-order valence-corrected chi connectivity index (χ3v) is 6.32. The van der Waals surface area contributed by atoms with Gasteiger partial charge in [0, 0.05) is 23.1 Å². The van der Waals surface area contributed by atoms with Crippen LogP contribution in [0.2, 0.25) is 0 Å². The molecule has 0 saturated carbocycles. The van der Waals surface area contributed by atoms with Gasteiger partial charge in [-0.1, -0.05) is 66.7 Å². The van der Waals surface area contributed by atoms with Gasteiger partial charge in [-0.25, -0.2) is 4.98 Å². The number of thiazole rings is 1. The number of anilines is 2. The number of fused-ring (bicyclic) bond motifs is 1. The Morgan fingerprint density at radius 3 is 2.31 bits per heavy atom. The van der Waals surface area contributed by atoms with Gasteiger partial charge in [-0.05, 0) is 35.2 Å². The van der Waals surface area contributed by atoms with Crippen molar-refractivity contribution >= 4 is 34.0 Å². The molecule has 4 aromatic rings. The molecule has 32 heavy (non-hydrogen) atoms. The van der Waals surface area contributed by atoms with Gasteiger partial charge in [0.05, 0.1) is 11.6 Å². The van der Waals surface area contributed by atoms with Crippen LogP contribution in [0.5, 0.6) is 0 Å². The van der Waals surface area contributed by atoms with Gasteiger partial charge in [0.25, 0.3) is 0 Å². The van der Waals surface area contributed by atoms with E-state index in [4.69, 9.17) is 0 Å². The molecule has 1 aliphatic rings. The van der Waals surface area contributed by atoms with Crippen molar-refractivity contribution in [3.63, 3.8) is 0 Å². The first-order chi connectivity index (χ1) is 15.7. The van der Waals surface area contributed by atoms with Crippen LogP contribution in [0.3, 0.4) is 0 Å². The molecule has 158 valence electrons. The van der Waals surface area contributed by atoms with E-state index in [1.165, 1.54) is 11.3 Å². The van der Waals surface area contributed by atoms with Gasteiger partial charge in [0.2, 0.25) is 11.8 Å². The summed E-state index contributed by atoms with van der Waals surface area (Å²) in [5, 5.41) is 8.41. The fraction of sp³-hybridized carbons (Fsp3) is 0.115. The minimum Gasteiger partial charge on any atom is -0.326 e. The van der Waals surface area contributed by atoms with E-state index in [-0.39, 0.29) is 11.8 Å². The number of hydrogen-bond acceptors (Lipinski definition) is 4. The summed E-state index contributed by atoms with van der Waals surface area (Å²) in [4.78, 5) is 29.5. The molecule has 3 aromatic carbocycles. The van der Waals surface area contributed by atoms with E-state index in [9.17, 15) is 9.59 Å². The van der Waals surface area contributed by atoms with E-state index >= 15 is 0 Å². The lowest BCUT2D eigenvalue weighted by atomic mass is 9.90. The molecule has 0 fully saturated rings. The van der Waals surface area contributed by atoms with E-state index < -0.39 is 5.92 Å². The summed E-state index contributed by atoms with van der Waals surface area (Å²) in [5.74, 6) is -0.483. The molecule has 2 amide bonds. The molecule has 1 aromatic heterocycles. The first kappa shape index (κ1) is 20.2. The number of amides is 2. The van der Waals surface area contributed by atoms with Crippen molar-refractivity contribution in [2.45, 2.75) is 18.8 Å². The molecule has 5 rings (SSSR count). The van der Waals surface area contributed by atoms with Crippen LogP contribution in [0.25, 0.3) is 11.3 Å². The van der Waals surface area contributed by atoms with Crippen LogP contribution in [0.1, 0.15) is 29.0 Å². The molecule has 0 unspecified atom stereocenters. The summed E-state index contributed by atoms with van der Waals surface area (Å²) < 4.78 is 0. The smallest absolute Gasteiger partial charge is 0.238 e. The summed E-state index contributed by atoms with van der Waals surface area (Å²) >= 11 is 1.41. The SMILES string of the molecule is O=C1CCc2cc(-c3csc(NC(=O)C(c4ccccc4)c4ccccc4)n3)ccc2N1. The maximum absolute atomic E-state index is 13.3. The summed E-state index contributed by atoms with van der Waals surface area (Å²) in [7, 11) is 0. The first-order valence-electron chi connectivity index (χ1n) is 10.5. The van der Waals surface area contributed by atoms with E-state index in [0.29, 0.717) is 11.6 Å². The Hall–Kier alpha value is -3.77. The molecule has 6 heteroatoms. The number of aryl methyl sites for hydroxylation is 1. The monoisotopic (exact) mass is 439 g/mol. The zero-order chi connectivity index (χ0) is 21.9. The second-order valence-corrected chi connectivity index (χ2v) is 8.56. The quantitative estimate of drug-likeness (QED) is 0.433. The molecule has 0 bridgehead atoms. The Labute approximate surface area is 190 Å². The van der Waals surface area contributed by atoms with Crippen molar-refractivity contribution in [2.75, 3.05) is 10.6 Å².